The number of anilines is 1. The van der Waals surface area contributed by atoms with Gasteiger partial charge in [-0.1, -0.05) is 48.0 Å². The van der Waals surface area contributed by atoms with Crippen molar-refractivity contribution in [3.63, 3.8) is 0 Å². The molecule has 5 aromatic rings. The van der Waals surface area contributed by atoms with Crippen molar-refractivity contribution in [2.75, 3.05) is 11.9 Å². The summed E-state index contributed by atoms with van der Waals surface area (Å²) in [7, 11) is 0. The van der Waals surface area contributed by atoms with Gasteiger partial charge < -0.3 is 14.7 Å². The SMILES string of the molecule is Cc1cccc(CN(CCc2c[nH]c3ccccc23)Cc2nc(C(=O)Nc3ccc(F)cc3)co2)c1. The lowest BCUT2D eigenvalue weighted by Gasteiger charge is -2.21. The van der Waals surface area contributed by atoms with Crippen molar-refractivity contribution < 1.29 is 13.6 Å². The number of hydrogen-bond donors (Lipinski definition) is 2. The van der Waals surface area contributed by atoms with E-state index in [4.69, 9.17) is 4.42 Å². The molecule has 0 atom stereocenters. The van der Waals surface area contributed by atoms with E-state index in [0.29, 0.717) is 18.1 Å². The second-order valence-electron chi connectivity index (χ2n) is 8.90. The molecule has 0 unspecified atom stereocenters. The van der Waals surface area contributed by atoms with Gasteiger partial charge in [-0.3, -0.25) is 9.69 Å². The number of rotatable bonds is 9. The van der Waals surface area contributed by atoms with Crippen molar-refractivity contribution in [2.24, 2.45) is 0 Å². The van der Waals surface area contributed by atoms with E-state index >= 15 is 0 Å². The molecule has 6 nitrogen and oxygen atoms in total. The first-order chi connectivity index (χ1) is 17.5. The van der Waals surface area contributed by atoms with E-state index < -0.39 is 5.91 Å². The number of aryl methyl sites for hydroxylation is 1. The summed E-state index contributed by atoms with van der Waals surface area (Å²) < 4.78 is 18.8. The Kier molecular flexibility index (Phi) is 6.91. The number of fused-ring (bicyclic) bond motifs is 1. The largest absolute Gasteiger partial charge is 0.447 e. The van der Waals surface area contributed by atoms with E-state index in [-0.39, 0.29) is 11.5 Å². The van der Waals surface area contributed by atoms with Crippen LogP contribution in [0.25, 0.3) is 10.9 Å². The highest BCUT2D eigenvalue weighted by Crippen LogP contribution is 2.20. The normalized spacial score (nSPS) is 11.3. The van der Waals surface area contributed by atoms with E-state index in [0.717, 1.165) is 25.0 Å². The van der Waals surface area contributed by atoms with Crippen molar-refractivity contribution in [1.29, 1.82) is 0 Å². The van der Waals surface area contributed by atoms with Crippen molar-refractivity contribution in [2.45, 2.75) is 26.4 Å². The molecule has 0 fully saturated rings. The maximum atomic E-state index is 13.1. The number of amides is 1. The summed E-state index contributed by atoms with van der Waals surface area (Å²) in [4.78, 5) is 22.6. The molecule has 0 aliphatic rings. The molecule has 2 N–H and O–H groups in total. The van der Waals surface area contributed by atoms with E-state index in [9.17, 15) is 9.18 Å². The highest BCUT2D eigenvalue weighted by molar-refractivity contribution is 6.02. The summed E-state index contributed by atoms with van der Waals surface area (Å²) in [6.07, 6.45) is 4.28. The van der Waals surface area contributed by atoms with Gasteiger partial charge in [0.2, 0.25) is 5.89 Å². The van der Waals surface area contributed by atoms with Gasteiger partial charge >= 0.3 is 0 Å². The average molecular weight is 483 g/mol. The Labute approximate surface area is 208 Å². The molecule has 0 aliphatic heterocycles. The number of hydrogen-bond acceptors (Lipinski definition) is 4. The topological polar surface area (TPSA) is 74.2 Å². The fourth-order valence-electron chi connectivity index (χ4n) is 4.31. The van der Waals surface area contributed by atoms with Crippen LogP contribution in [0.1, 0.15) is 33.1 Å². The molecule has 2 heterocycles. The molecule has 182 valence electrons. The highest BCUT2D eigenvalue weighted by Gasteiger charge is 2.16. The first-order valence-corrected chi connectivity index (χ1v) is 11.9. The zero-order valence-corrected chi connectivity index (χ0v) is 20.0. The van der Waals surface area contributed by atoms with Gasteiger partial charge in [0, 0.05) is 35.9 Å². The Balaban J connectivity index is 1.30. The van der Waals surface area contributed by atoms with E-state index in [1.165, 1.54) is 52.6 Å². The van der Waals surface area contributed by atoms with E-state index in [1.807, 2.05) is 6.07 Å². The highest BCUT2D eigenvalue weighted by atomic mass is 19.1. The standard InChI is InChI=1S/C29H27FN4O2/c1-20-5-4-6-21(15-20)17-34(14-13-22-16-31-26-8-3-2-7-25(22)26)18-28-33-27(19-36-28)29(35)32-24-11-9-23(30)10-12-24/h2-12,15-16,19,31H,13-14,17-18H2,1H3,(H,32,35). The van der Waals surface area contributed by atoms with E-state index in [1.54, 1.807) is 0 Å². The minimum Gasteiger partial charge on any atom is -0.447 e. The Morgan fingerprint density at radius 1 is 1.06 bits per heavy atom. The molecule has 7 heteroatoms. The second-order valence-corrected chi connectivity index (χ2v) is 8.90. The van der Waals surface area contributed by atoms with Crippen LogP contribution in [0.4, 0.5) is 10.1 Å². The van der Waals surface area contributed by atoms with Gasteiger partial charge in [0.25, 0.3) is 5.91 Å². The van der Waals surface area contributed by atoms with Crippen LogP contribution in [-0.2, 0) is 19.5 Å². The number of nitrogens with zero attached hydrogens (tertiary/aromatic N) is 2. The second kappa shape index (κ2) is 10.6. The number of halogens is 1. The lowest BCUT2D eigenvalue weighted by molar-refractivity contribution is 0.102. The molecule has 0 spiro atoms. The van der Waals surface area contributed by atoms with Crippen LogP contribution in [0.2, 0.25) is 0 Å². The van der Waals surface area contributed by atoms with Crippen LogP contribution in [0.15, 0.2) is 89.7 Å². The zero-order valence-electron chi connectivity index (χ0n) is 20.0. The molecule has 0 bridgehead atoms. The van der Waals surface area contributed by atoms with Gasteiger partial charge in [0.1, 0.15) is 12.1 Å². The molecule has 5 rings (SSSR count). The van der Waals surface area contributed by atoms with Gasteiger partial charge in [0.05, 0.1) is 6.54 Å². The molecular weight excluding hydrogens is 455 g/mol. The summed E-state index contributed by atoms with van der Waals surface area (Å²) >= 11 is 0. The van der Waals surface area contributed by atoms with Crippen LogP contribution in [0.3, 0.4) is 0 Å². The molecular formula is C29H27FN4O2. The Hall–Kier alpha value is -4.23. The van der Waals surface area contributed by atoms with Crippen molar-refractivity contribution in [3.8, 4) is 0 Å². The molecule has 0 saturated carbocycles. The number of nitrogens with one attached hydrogen (secondary N) is 2. The molecule has 3 aromatic carbocycles. The Bertz CT molecular complexity index is 1470. The first-order valence-electron chi connectivity index (χ1n) is 11.9. The van der Waals surface area contributed by atoms with Crippen molar-refractivity contribution in [3.05, 3.63) is 119 Å². The number of carbonyl (C=O) groups is 1. The van der Waals surface area contributed by atoms with E-state index in [2.05, 4.69) is 75.8 Å². The third-order valence-corrected chi connectivity index (χ3v) is 6.11. The quantitative estimate of drug-likeness (QED) is 0.266. The monoisotopic (exact) mass is 482 g/mol. The summed E-state index contributed by atoms with van der Waals surface area (Å²) in [5.74, 6) is -0.301. The Morgan fingerprint density at radius 3 is 2.72 bits per heavy atom. The lowest BCUT2D eigenvalue weighted by Crippen LogP contribution is -2.25. The van der Waals surface area contributed by atoms with Crippen molar-refractivity contribution in [1.82, 2.24) is 14.9 Å². The van der Waals surface area contributed by atoms with Crippen LogP contribution < -0.4 is 5.32 Å². The fourth-order valence-corrected chi connectivity index (χ4v) is 4.31. The molecule has 0 aliphatic carbocycles. The average Bonchev–Trinajstić information content (AvgIpc) is 3.51. The summed E-state index contributed by atoms with van der Waals surface area (Å²) in [6, 6.07) is 22.3. The summed E-state index contributed by atoms with van der Waals surface area (Å²) in [5.41, 5.74) is 5.47. The predicted molar refractivity (Wildman–Crippen MR) is 138 cm³/mol. The van der Waals surface area contributed by atoms with Gasteiger partial charge in [-0.05, 0) is 54.8 Å². The van der Waals surface area contributed by atoms with Crippen LogP contribution in [0, 0.1) is 12.7 Å². The molecule has 1 amide bonds. The maximum absolute atomic E-state index is 13.1. The first kappa shape index (κ1) is 23.5. The Morgan fingerprint density at radius 2 is 1.89 bits per heavy atom. The number of aromatic amines is 1. The number of para-hydroxylation sites is 1. The number of aromatic nitrogens is 2. The number of benzene rings is 3. The zero-order chi connectivity index (χ0) is 24.9. The molecule has 0 saturated heterocycles. The summed E-state index contributed by atoms with van der Waals surface area (Å²) in [5, 5.41) is 3.94. The number of H-pyrrole nitrogens is 1. The van der Waals surface area contributed by atoms with Crippen LogP contribution in [0.5, 0.6) is 0 Å². The van der Waals surface area contributed by atoms with Crippen LogP contribution >= 0.6 is 0 Å². The third kappa shape index (κ3) is 5.70. The predicted octanol–water partition coefficient (Wildman–Crippen LogP) is 6.10. The minimum atomic E-state index is -0.402. The molecule has 0 radical (unpaired) electrons. The minimum absolute atomic E-state index is 0.182. The molecule has 36 heavy (non-hydrogen) atoms. The van der Waals surface area contributed by atoms with Crippen LogP contribution in [-0.4, -0.2) is 27.3 Å². The maximum Gasteiger partial charge on any atom is 0.277 e. The van der Waals surface area contributed by atoms with Gasteiger partial charge in [-0.25, -0.2) is 9.37 Å². The molecule has 2 aromatic heterocycles. The van der Waals surface area contributed by atoms with Crippen molar-refractivity contribution >= 4 is 22.5 Å². The fraction of sp³-hybridized carbons (Fsp3) is 0.172. The number of carbonyl (C=O) groups excluding carboxylic acids is 1. The summed E-state index contributed by atoms with van der Waals surface area (Å²) in [6.45, 7) is 4.05. The van der Waals surface area contributed by atoms with Gasteiger partial charge in [-0.15, -0.1) is 0 Å². The van der Waals surface area contributed by atoms with Gasteiger partial charge in [0.15, 0.2) is 5.69 Å². The lowest BCUT2D eigenvalue weighted by atomic mass is 10.1. The third-order valence-electron chi connectivity index (χ3n) is 6.11. The smallest absolute Gasteiger partial charge is 0.277 e. The van der Waals surface area contributed by atoms with Gasteiger partial charge in [-0.2, -0.15) is 0 Å². The number of oxazole rings is 1.